The zero-order chi connectivity index (χ0) is 12.4. The minimum absolute atomic E-state index is 0.988. The van der Waals surface area contributed by atoms with Crippen LogP contribution >= 0.6 is 27.3 Å². The average Bonchev–Trinajstić information content (AvgIpc) is 2.90. The molecule has 2 nitrogen and oxygen atoms in total. The van der Waals surface area contributed by atoms with Gasteiger partial charge in [0.2, 0.25) is 0 Å². The van der Waals surface area contributed by atoms with Crippen LogP contribution in [0, 0.1) is 13.8 Å². The van der Waals surface area contributed by atoms with E-state index in [4.69, 9.17) is 4.98 Å². The van der Waals surface area contributed by atoms with E-state index in [1.165, 1.54) is 33.1 Å². The van der Waals surface area contributed by atoms with Crippen LogP contribution in [-0.2, 0) is 6.42 Å². The number of nitrogens with zero attached hydrogens (tertiary/aromatic N) is 2. The average molecular weight is 319 g/mol. The standard InChI is InChI=1S/C14H11BrN2S/c1-7-8(2)18-14-16-13-11-4-3-10(15)5-9(11)6-12(13)17(7)14/h3-5H,6H2,1-2H3. The third kappa shape index (κ3) is 1.25. The van der Waals surface area contributed by atoms with E-state index >= 15 is 0 Å². The molecule has 3 aromatic rings. The highest BCUT2D eigenvalue weighted by atomic mass is 79.9. The number of halogens is 1. The predicted octanol–water partition coefficient (Wildman–Crippen LogP) is 4.35. The van der Waals surface area contributed by atoms with Crippen molar-refractivity contribution in [2.75, 3.05) is 0 Å². The lowest BCUT2D eigenvalue weighted by Crippen LogP contribution is -1.92. The number of aryl methyl sites for hydroxylation is 2. The first-order chi connectivity index (χ1) is 8.65. The van der Waals surface area contributed by atoms with Crippen LogP contribution in [0.15, 0.2) is 22.7 Å². The van der Waals surface area contributed by atoms with Gasteiger partial charge in [-0.3, -0.25) is 4.40 Å². The van der Waals surface area contributed by atoms with Gasteiger partial charge in [0, 0.05) is 27.0 Å². The topological polar surface area (TPSA) is 17.3 Å². The third-order valence-electron chi connectivity index (χ3n) is 3.71. The van der Waals surface area contributed by atoms with Crippen molar-refractivity contribution in [3.8, 4) is 11.3 Å². The number of hydrogen-bond acceptors (Lipinski definition) is 2. The summed E-state index contributed by atoms with van der Waals surface area (Å²) in [6.07, 6.45) is 0.988. The Balaban J connectivity index is 2.06. The second-order valence-corrected chi connectivity index (χ2v) is 6.84. The molecule has 0 bridgehead atoms. The van der Waals surface area contributed by atoms with Crippen molar-refractivity contribution in [2.45, 2.75) is 20.3 Å². The Morgan fingerprint density at radius 1 is 1.33 bits per heavy atom. The van der Waals surface area contributed by atoms with Crippen molar-refractivity contribution >= 4 is 32.2 Å². The molecule has 4 rings (SSSR count). The van der Waals surface area contributed by atoms with Crippen molar-refractivity contribution in [3.63, 3.8) is 0 Å². The summed E-state index contributed by atoms with van der Waals surface area (Å²) < 4.78 is 3.47. The van der Waals surface area contributed by atoms with Gasteiger partial charge in [-0.25, -0.2) is 4.98 Å². The van der Waals surface area contributed by atoms with E-state index < -0.39 is 0 Å². The van der Waals surface area contributed by atoms with Crippen molar-refractivity contribution < 1.29 is 0 Å². The van der Waals surface area contributed by atoms with Gasteiger partial charge in [-0.1, -0.05) is 22.0 Å². The number of hydrogen-bond donors (Lipinski definition) is 0. The van der Waals surface area contributed by atoms with E-state index in [-0.39, 0.29) is 0 Å². The number of thiazole rings is 1. The summed E-state index contributed by atoms with van der Waals surface area (Å²) in [4.78, 5) is 7.30. The van der Waals surface area contributed by atoms with Crippen molar-refractivity contribution in [1.82, 2.24) is 9.38 Å². The molecular formula is C14H11BrN2S. The Morgan fingerprint density at radius 3 is 3.00 bits per heavy atom. The lowest BCUT2D eigenvalue weighted by molar-refractivity contribution is 1.01. The third-order valence-corrected chi connectivity index (χ3v) is 5.26. The van der Waals surface area contributed by atoms with Gasteiger partial charge in [-0.15, -0.1) is 11.3 Å². The Morgan fingerprint density at radius 2 is 2.17 bits per heavy atom. The maximum atomic E-state index is 4.81. The number of imidazole rings is 1. The van der Waals surface area contributed by atoms with Crippen LogP contribution in [0.25, 0.3) is 16.2 Å². The molecule has 0 amide bonds. The highest BCUT2D eigenvalue weighted by molar-refractivity contribution is 9.10. The molecule has 1 aliphatic rings. The molecule has 0 fully saturated rings. The molecular weight excluding hydrogens is 308 g/mol. The molecule has 90 valence electrons. The highest BCUT2D eigenvalue weighted by Crippen LogP contribution is 2.40. The summed E-state index contributed by atoms with van der Waals surface area (Å²) >= 11 is 5.32. The zero-order valence-electron chi connectivity index (χ0n) is 10.1. The Labute approximate surface area is 117 Å². The van der Waals surface area contributed by atoms with Gasteiger partial charge in [-0.2, -0.15) is 0 Å². The van der Waals surface area contributed by atoms with Gasteiger partial charge < -0.3 is 0 Å². The first-order valence-electron chi connectivity index (χ1n) is 5.91. The van der Waals surface area contributed by atoms with E-state index in [1.54, 1.807) is 11.3 Å². The molecule has 1 aromatic carbocycles. The van der Waals surface area contributed by atoms with Crippen LogP contribution in [0.1, 0.15) is 21.8 Å². The van der Waals surface area contributed by atoms with E-state index in [9.17, 15) is 0 Å². The van der Waals surface area contributed by atoms with Crippen LogP contribution in [0.2, 0.25) is 0 Å². The van der Waals surface area contributed by atoms with E-state index in [2.05, 4.69) is 52.4 Å². The summed E-state index contributed by atoms with van der Waals surface area (Å²) in [5, 5.41) is 0. The van der Waals surface area contributed by atoms with Gasteiger partial charge in [0.1, 0.15) is 0 Å². The Hall–Kier alpha value is -1.13. The first-order valence-corrected chi connectivity index (χ1v) is 7.52. The minimum atomic E-state index is 0.988. The number of fused-ring (bicyclic) bond motifs is 5. The quantitative estimate of drug-likeness (QED) is 0.471. The van der Waals surface area contributed by atoms with Crippen LogP contribution in [0.3, 0.4) is 0 Å². The molecule has 0 radical (unpaired) electrons. The van der Waals surface area contributed by atoms with E-state index in [0.717, 1.165) is 15.9 Å². The van der Waals surface area contributed by atoms with Crippen molar-refractivity contribution in [1.29, 1.82) is 0 Å². The molecule has 0 atom stereocenters. The van der Waals surface area contributed by atoms with Crippen LogP contribution in [0.5, 0.6) is 0 Å². The summed E-state index contributed by atoms with van der Waals surface area (Å²) in [6.45, 7) is 4.35. The largest absolute Gasteiger partial charge is 0.291 e. The van der Waals surface area contributed by atoms with Gasteiger partial charge >= 0.3 is 0 Å². The monoisotopic (exact) mass is 318 g/mol. The molecule has 1 aliphatic carbocycles. The SMILES string of the molecule is Cc1sc2nc3c(n2c1C)Cc1cc(Br)ccc1-3. The van der Waals surface area contributed by atoms with Crippen LogP contribution < -0.4 is 0 Å². The molecule has 0 saturated heterocycles. The smallest absolute Gasteiger partial charge is 0.194 e. The molecule has 2 heterocycles. The minimum Gasteiger partial charge on any atom is -0.291 e. The van der Waals surface area contributed by atoms with Gasteiger partial charge in [0.25, 0.3) is 0 Å². The maximum absolute atomic E-state index is 4.81. The van der Waals surface area contributed by atoms with Crippen LogP contribution in [-0.4, -0.2) is 9.38 Å². The number of rotatable bonds is 0. The number of benzene rings is 1. The summed E-state index contributed by atoms with van der Waals surface area (Å²) in [7, 11) is 0. The van der Waals surface area contributed by atoms with Gasteiger partial charge in [0.15, 0.2) is 4.96 Å². The van der Waals surface area contributed by atoms with Crippen LogP contribution in [0.4, 0.5) is 0 Å². The molecule has 0 N–H and O–H groups in total. The second kappa shape index (κ2) is 3.45. The van der Waals surface area contributed by atoms with Crippen molar-refractivity contribution in [3.05, 3.63) is 44.5 Å². The highest BCUT2D eigenvalue weighted by Gasteiger charge is 2.26. The fraction of sp³-hybridized carbons (Fsp3) is 0.214. The second-order valence-electron chi connectivity index (χ2n) is 4.75. The fourth-order valence-corrected chi connectivity index (χ4v) is 4.11. The lowest BCUT2D eigenvalue weighted by Gasteiger charge is -1.99. The molecule has 4 heteroatoms. The van der Waals surface area contributed by atoms with Crippen molar-refractivity contribution in [2.24, 2.45) is 0 Å². The maximum Gasteiger partial charge on any atom is 0.194 e. The molecule has 0 spiro atoms. The molecule has 2 aromatic heterocycles. The predicted molar refractivity (Wildman–Crippen MR) is 78.5 cm³/mol. The van der Waals surface area contributed by atoms with Gasteiger partial charge in [0.05, 0.1) is 11.4 Å². The molecule has 18 heavy (non-hydrogen) atoms. The first kappa shape index (κ1) is 10.8. The zero-order valence-corrected chi connectivity index (χ0v) is 12.5. The summed E-state index contributed by atoms with van der Waals surface area (Å²) in [6, 6.07) is 6.47. The number of aromatic nitrogens is 2. The normalized spacial score (nSPS) is 13.1. The summed E-state index contributed by atoms with van der Waals surface area (Å²) in [5.41, 5.74) is 6.52. The Kier molecular flexibility index (Phi) is 2.07. The van der Waals surface area contributed by atoms with Gasteiger partial charge in [-0.05, 0) is 31.5 Å². The lowest BCUT2D eigenvalue weighted by atomic mass is 10.1. The molecule has 0 unspecified atom stereocenters. The Bertz CT molecular complexity index is 798. The van der Waals surface area contributed by atoms with E-state index in [0.29, 0.717) is 0 Å². The molecule has 0 saturated carbocycles. The molecule has 0 aliphatic heterocycles. The fourth-order valence-electron chi connectivity index (χ4n) is 2.71. The van der Waals surface area contributed by atoms with E-state index in [1.807, 2.05) is 0 Å². The summed E-state index contributed by atoms with van der Waals surface area (Å²) in [5.74, 6) is 0.